The maximum atomic E-state index is 12.2. The van der Waals surface area contributed by atoms with Crippen molar-refractivity contribution in [1.82, 2.24) is 4.90 Å². The topological polar surface area (TPSA) is 41.6 Å². The first-order valence-electron chi connectivity index (χ1n) is 10.4. The SMILES string of the molecule is COc1cccc(NC(=O)CCC2CCN(CCCc3ccccc3)CC2)c1. The van der Waals surface area contributed by atoms with Gasteiger partial charge in [0.05, 0.1) is 7.11 Å². The van der Waals surface area contributed by atoms with E-state index in [0.29, 0.717) is 12.3 Å². The Hall–Kier alpha value is -2.33. The van der Waals surface area contributed by atoms with E-state index in [1.807, 2.05) is 24.3 Å². The summed E-state index contributed by atoms with van der Waals surface area (Å²) in [7, 11) is 1.63. The zero-order chi connectivity index (χ0) is 19.6. The molecule has 0 unspecified atom stereocenters. The van der Waals surface area contributed by atoms with Crippen LogP contribution in [0.3, 0.4) is 0 Å². The van der Waals surface area contributed by atoms with Gasteiger partial charge in [0, 0.05) is 18.2 Å². The maximum Gasteiger partial charge on any atom is 0.224 e. The van der Waals surface area contributed by atoms with E-state index in [-0.39, 0.29) is 5.91 Å². The van der Waals surface area contributed by atoms with Crippen LogP contribution in [0.15, 0.2) is 54.6 Å². The Kier molecular flexibility index (Phi) is 7.92. The van der Waals surface area contributed by atoms with Gasteiger partial charge in [0.2, 0.25) is 5.91 Å². The molecule has 3 rings (SSSR count). The number of anilines is 1. The first kappa shape index (κ1) is 20.4. The molecule has 4 heteroatoms. The van der Waals surface area contributed by atoms with E-state index in [1.165, 1.54) is 31.4 Å². The maximum absolute atomic E-state index is 12.2. The normalized spacial score (nSPS) is 15.3. The molecule has 0 spiro atoms. The lowest BCUT2D eigenvalue weighted by molar-refractivity contribution is -0.116. The third kappa shape index (κ3) is 6.68. The first-order valence-corrected chi connectivity index (χ1v) is 10.4. The highest BCUT2D eigenvalue weighted by atomic mass is 16.5. The van der Waals surface area contributed by atoms with Crippen LogP contribution in [-0.4, -0.2) is 37.6 Å². The highest BCUT2D eigenvalue weighted by Gasteiger charge is 2.19. The number of piperidine rings is 1. The zero-order valence-corrected chi connectivity index (χ0v) is 16.9. The predicted molar refractivity (Wildman–Crippen MR) is 115 cm³/mol. The van der Waals surface area contributed by atoms with E-state index in [0.717, 1.165) is 37.4 Å². The van der Waals surface area contributed by atoms with Crippen LogP contribution in [0, 0.1) is 5.92 Å². The summed E-state index contributed by atoms with van der Waals surface area (Å²) < 4.78 is 5.20. The van der Waals surface area contributed by atoms with Crippen LogP contribution in [0.5, 0.6) is 5.75 Å². The van der Waals surface area contributed by atoms with E-state index in [2.05, 4.69) is 40.5 Å². The highest BCUT2D eigenvalue weighted by Crippen LogP contribution is 2.23. The molecule has 2 aromatic rings. The molecule has 0 bridgehead atoms. The number of amides is 1. The molecule has 28 heavy (non-hydrogen) atoms. The second-order valence-corrected chi connectivity index (χ2v) is 7.69. The lowest BCUT2D eigenvalue weighted by Crippen LogP contribution is -2.34. The Balaban J connectivity index is 1.30. The van der Waals surface area contributed by atoms with Crippen molar-refractivity contribution in [2.24, 2.45) is 5.92 Å². The molecule has 1 saturated heterocycles. The van der Waals surface area contributed by atoms with Crippen molar-refractivity contribution in [1.29, 1.82) is 0 Å². The molecule has 0 aromatic heterocycles. The zero-order valence-electron chi connectivity index (χ0n) is 16.9. The van der Waals surface area contributed by atoms with Crippen LogP contribution in [0.25, 0.3) is 0 Å². The molecular weight excluding hydrogens is 348 g/mol. The number of rotatable bonds is 9. The van der Waals surface area contributed by atoms with E-state index < -0.39 is 0 Å². The smallest absolute Gasteiger partial charge is 0.224 e. The number of likely N-dealkylation sites (tertiary alicyclic amines) is 1. The quantitative estimate of drug-likeness (QED) is 0.682. The molecule has 1 heterocycles. The Labute approximate surface area is 168 Å². The molecule has 4 nitrogen and oxygen atoms in total. The van der Waals surface area contributed by atoms with Gasteiger partial charge in [-0.05, 0) is 75.4 Å². The van der Waals surface area contributed by atoms with Crippen LogP contribution in [0.4, 0.5) is 5.69 Å². The van der Waals surface area contributed by atoms with E-state index >= 15 is 0 Å². The van der Waals surface area contributed by atoms with Crippen molar-refractivity contribution in [3.05, 3.63) is 60.2 Å². The van der Waals surface area contributed by atoms with Crippen molar-refractivity contribution in [3.63, 3.8) is 0 Å². The standard InChI is InChI=1S/C24H32N2O2/c1-28-23-11-5-10-22(19-23)25-24(27)13-12-21-14-17-26(18-15-21)16-6-9-20-7-3-2-4-8-20/h2-5,7-8,10-11,19,21H,6,9,12-18H2,1H3,(H,25,27). The molecule has 150 valence electrons. The number of benzene rings is 2. The number of aryl methyl sites for hydroxylation is 1. The number of methoxy groups -OCH3 is 1. The molecule has 0 saturated carbocycles. The Morgan fingerprint density at radius 3 is 2.64 bits per heavy atom. The fraction of sp³-hybridized carbons (Fsp3) is 0.458. The second-order valence-electron chi connectivity index (χ2n) is 7.69. The van der Waals surface area contributed by atoms with Crippen LogP contribution in [0.2, 0.25) is 0 Å². The van der Waals surface area contributed by atoms with Gasteiger partial charge in [-0.1, -0.05) is 36.4 Å². The largest absolute Gasteiger partial charge is 0.497 e. The Morgan fingerprint density at radius 2 is 1.89 bits per heavy atom. The van der Waals surface area contributed by atoms with Gasteiger partial charge in [0.1, 0.15) is 5.75 Å². The third-order valence-corrected chi connectivity index (χ3v) is 5.62. The number of ether oxygens (including phenoxy) is 1. The van der Waals surface area contributed by atoms with E-state index in [1.54, 1.807) is 7.11 Å². The summed E-state index contributed by atoms with van der Waals surface area (Å²) in [6.45, 7) is 3.51. The summed E-state index contributed by atoms with van der Waals surface area (Å²) in [5.41, 5.74) is 2.23. The van der Waals surface area contributed by atoms with Gasteiger partial charge >= 0.3 is 0 Å². The lowest BCUT2D eigenvalue weighted by atomic mass is 9.92. The fourth-order valence-electron chi connectivity index (χ4n) is 3.91. The minimum atomic E-state index is 0.0959. The number of carbonyl (C=O) groups excluding carboxylic acids is 1. The van der Waals surface area contributed by atoms with Crippen LogP contribution < -0.4 is 10.1 Å². The van der Waals surface area contributed by atoms with Gasteiger partial charge in [0.15, 0.2) is 0 Å². The summed E-state index contributed by atoms with van der Waals surface area (Å²) in [6.07, 6.45) is 6.36. The van der Waals surface area contributed by atoms with E-state index in [4.69, 9.17) is 4.74 Å². The summed E-state index contributed by atoms with van der Waals surface area (Å²) in [5, 5.41) is 2.98. The van der Waals surface area contributed by atoms with Gasteiger partial charge in [-0.25, -0.2) is 0 Å². The molecule has 1 N–H and O–H groups in total. The van der Waals surface area contributed by atoms with Crippen LogP contribution >= 0.6 is 0 Å². The number of hydrogen-bond acceptors (Lipinski definition) is 3. The molecular formula is C24H32N2O2. The fourth-order valence-corrected chi connectivity index (χ4v) is 3.91. The van der Waals surface area contributed by atoms with Crippen molar-refractivity contribution in [2.75, 3.05) is 32.1 Å². The minimum Gasteiger partial charge on any atom is -0.497 e. The van der Waals surface area contributed by atoms with Crippen molar-refractivity contribution in [2.45, 2.75) is 38.5 Å². The molecule has 1 aliphatic heterocycles. The van der Waals surface area contributed by atoms with Crippen molar-refractivity contribution < 1.29 is 9.53 Å². The second kappa shape index (κ2) is 10.9. The minimum absolute atomic E-state index is 0.0959. The van der Waals surface area contributed by atoms with Gasteiger partial charge in [-0.3, -0.25) is 4.79 Å². The molecule has 0 radical (unpaired) electrons. The number of nitrogens with zero attached hydrogens (tertiary/aromatic N) is 1. The Morgan fingerprint density at radius 1 is 1.11 bits per heavy atom. The van der Waals surface area contributed by atoms with Gasteiger partial charge < -0.3 is 15.0 Å². The number of carbonyl (C=O) groups is 1. The van der Waals surface area contributed by atoms with Gasteiger partial charge in [-0.15, -0.1) is 0 Å². The molecule has 2 aromatic carbocycles. The molecule has 0 atom stereocenters. The van der Waals surface area contributed by atoms with Crippen molar-refractivity contribution in [3.8, 4) is 5.75 Å². The van der Waals surface area contributed by atoms with Crippen LogP contribution in [-0.2, 0) is 11.2 Å². The first-order chi connectivity index (χ1) is 13.7. The molecule has 1 amide bonds. The molecule has 1 fully saturated rings. The number of hydrogen-bond donors (Lipinski definition) is 1. The van der Waals surface area contributed by atoms with E-state index in [9.17, 15) is 4.79 Å². The summed E-state index contributed by atoms with van der Waals surface area (Å²) in [4.78, 5) is 14.8. The monoisotopic (exact) mass is 380 g/mol. The average molecular weight is 381 g/mol. The van der Waals surface area contributed by atoms with Gasteiger partial charge in [-0.2, -0.15) is 0 Å². The molecule has 0 aliphatic carbocycles. The summed E-state index contributed by atoms with van der Waals surface area (Å²) in [6, 6.07) is 18.2. The van der Waals surface area contributed by atoms with Crippen LogP contribution in [0.1, 0.15) is 37.7 Å². The third-order valence-electron chi connectivity index (χ3n) is 5.62. The summed E-state index contributed by atoms with van der Waals surface area (Å²) in [5.74, 6) is 1.53. The van der Waals surface area contributed by atoms with Crippen molar-refractivity contribution >= 4 is 11.6 Å². The average Bonchev–Trinajstić information content (AvgIpc) is 2.74. The van der Waals surface area contributed by atoms with Gasteiger partial charge in [0.25, 0.3) is 0 Å². The predicted octanol–water partition coefficient (Wildman–Crippen LogP) is 4.76. The Bertz CT molecular complexity index is 724. The lowest BCUT2D eigenvalue weighted by Gasteiger charge is -2.31. The summed E-state index contributed by atoms with van der Waals surface area (Å²) >= 11 is 0. The molecule has 1 aliphatic rings. The highest BCUT2D eigenvalue weighted by molar-refractivity contribution is 5.90. The number of nitrogens with one attached hydrogen (secondary N) is 1.